The van der Waals surface area contributed by atoms with Gasteiger partial charge in [0, 0.05) is 19.7 Å². The van der Waals surface area contributed by atoms with Crippen molar-refractivity contribution in [2.75, 3.05) is 26.4 Å². The van der Waals surface area contributed by atoms with Gasteiger partial charge in [0.25, 0.3) is 0 Å². The molecule has 166 valence electrons. The first-order valence-electron chi connectivity index (χ1n) is 11.3. The fourth-order valence-corrected chi connectivity index (χ4v) is 3.05. The maximum Gasteiger partial charge on any atom is 0.237 e. The van der Waals surface area contributed by atoms with Crippen molar-refractivity contribution >= 4 is 11.9 Å². The minimum Gasteiger partial charge on any atom is -0.370 e. The number of unbranched alkanes of at least 4 members (excludes halogenated alkanes) is 9. The van der Waals surface area contributed by atoms with Crippen molar-refractivity contribution in [2.45, 2.75) is 96.9 Å². The molecule has 0 aliphatic heterocycles. The van der Waals surface area contributed by atoms with Crippen LogP contribution in [0.3, 0.4) is 0 Å². The molecule has 0 aliphatic carbocycles. The molecule has 7 nitrogen and oxygen atoms in total. The number of amides is 1. The van der Waals surface area contributed by atoms with Crippen LogP contribution < -0.4 is 22.1 Å². The second-order valence-electron chi connectivity index (χ2n) is 7.33. The molecule has 0 aromatic rings. The number of hydrogen-bond donors (Lipinski definition) is 4. The molecule has 1 unspecified atom stereocenters. The molecule has 0 bridgehead atoms. The standard InChI is InChI=1S/C21H45N5O2/c1-3-5-6-7-8-9-10-11-12-13-17-28-18-26-19(20(27)24-4-2)15-14-16-25-21(22)23/h19,26H,3-18H2,1-2H3,(H,24,27)(H4,22,23,25). The SMILES string of the molecule is CCCCCCCCCCCCOCNC(CCCN=C(N)N)C(=O)NCC. The van der Waals surface area contributed by atoms with Crippen LogP contribution in [0.2, 0.25) is 0 Å². The van der Waals surface area contributed by atoms with Crippen LogP contribution in [0.25, 0.3) is 0 Å². The van der Waals surface area contributed by atoms with E-state index in [2.05, 4.69) is 22.5 Å². The summed E-state index contributed by atoms with van der Waals surface area (Å²) in [4.78, 5) is 16.1. The molecule has 6 N–H and O–H groups in total. The number of carbonyl (C=O) groups excluding carboxylic acids is 1. The molecule has 0 saturated heterocycles. The third-order valence-corrected chi connectivity index (χ3v) is 4.69. The number of nitrogens with two attached hydrogens (primary N) is 2. The second kappa shape index (κ2) is 20.4. The smallest absolute Gasteiger partial charge is 0.237 e. The molecular formula is C21H45N5O2. The summed E-state index contributed by atoms with van der Waals surface area (Å²) >= 11 is 0. The predicted molar refractivity (Wildman–Crippen MR) is 118 cm³/mol. The first kappa shape index (κ1) is 26.7. The number of carbonyl (C=O) groups is 1. The van der Waals surface area contributed by atoms with Gasteiger partial charge in [0.1, 0.15) is 0 Å². The summed E-state index contributed by atoms with van der Waals surface area (Å²) in [6, 6.07) is -0.276. The van der Waals surface area contributed by atoms with Crippen LogP contribution in [0.5, 0.6) is 0 Å². The number of aliphatic imine (C=N–C) groups is 1. The Bertz CT molecular complexity index is 387. The van der Waals surface area contributed by atoms with Crippen molar-refractivity contribution in [2.24, 2.45) is 16.5 Å². The van der Waals surface area contributed by atoms with Gasteiger partial charge in [-0.1, -0.05) is 64.7 Å². The molecule has 0 heterocycles. The lowest BCUT2D eigenvalue weighted by molar-refractivity contribution is -0.123. The molecule has 28 heavy (non-hydrogen) atoms. The van der Waals surface area contributed by atoms with Crippen LogP contribution in [-0.2, 0) is 9.53 Å². The molecule has 0 aliphatic rings. The summed E-state index contributed by atoms with van der Waals surface area (Å²) < 4.78 is 5.65. The van der Waals surface area contributed by atoms with Crippen LogP contribution in [0.1, 0.15) is 90.9 Å². The minimum absolute atomic E-state index is 0.00487. The van der Waals surface area contributed by atoms with Gasteiger partial charge in [0.05, 0.1) is 12.8 Å². The third kappa shape index (κ3) is 18.0. The molecule has 0 fully saturated rings. The number of guanidine groups is 1. The zero-order valence-corrected chi connectivity index (χ0v) is 18.3. The Morgan fingerprint density at radius 3 is 2.11 bits per heavy atom. The van der Waals surface area contributed by atoms with E-state index in [9.17, 15) is 4.79 Å². The fourth-order valence-electron chi connectivity index (χ4n) is 3.05. The Labute approximate surface area is 172 Å². The van der Waals surface area contributed by atoms with Crippen molar-refractivity contribution in [1.82, 2.24) is 10.6 Å². The number of rotatable bonds is 20. The zero-order chi connectivity index (χ0) is 20.9. The van der Waals surface area contributed by atoms with Gasteiger partial charge in [0.2, 0.25) is 5.91 Å². The highest BCUT2D eigenvalue weighted by Crippen LogP contribution is 2.10. The fraction of sp³-hybridized carbons (Fsp3) is 0.905. The van der Waals surface area contributed by atoms with Crippen molar-refractivity contribution in [3.63, 3.8) is 0 Å². The van der Waals surface area contributed by atoms with E-state index in [-0.39, 0.29) is 17.9 Å². The average Bonchev–Trinajstić information content (AvgIpc) is 2.67. The van der Waals surface area contributed by atoms with Crippen LogP contribution >= 0.6 is 0 Å². The van der Waals surface area contributed by atoms with E-state index in [1.807, 2.05) is 6.92 Å². The van der Waals surface area contributed by atoms with Gasteiger partial charge in [0.15, 0.2) is 5.96 Å². The molecule has 7 heteroatoms. The van der Waals surface area contributed by atoms with Crippen LogP contribution in [0.4, 0.5) is 0 Å². The average molecular weight is 400 g/mol. The summed E-state index contributed by atoms with van der Waals surface area (Å²) in [5.41, 5.74) is 10.6. The maximum atomic E-state index is 12.1. The van der Waals surface area contributed by atoms with E-state index >= 15 is 0 Å². The Kier molecular flexibility index (Phi) is 19.4. The predicted octanol–water partition coefficient (Wildman–Crippen LogP) is 3.03. The summed E-state index contributed by atoms with van der Waals surface area (Å²) in [6.45, 7) is 6.44. The highest BCUT2D eigenvalue weighted by Gasteiger charge is 2.16. The highest BCUT2D eigenvalue weighted by atomic mass is 16.5. The van der Waals surface area contributed by atoms with Gasteiger partial charge in [-0.15, -0.1) is 0 Å². The van der Waals surface area contributed by atoms with Crippen molar-refractivity contribution in [3.05, 3.63) is 0 Å². The molecule has 0 rings (SSSR count). The molecular weight excluding hydrogens is 354 g/mol. The number of nitrogens with one attached hydrogen (secondary N) is 2. The Hall–Kier alpha value is -1.34. The van der Waals surface area contributed by atoms with Crippen molar-refractivity contribution in [3.8, 4) is 0 Å². The molecule has 0 spiro atoms. The molecule has 0 radical (unpaired) electrons. The van der Waals surface area contributed by atoms with Gasteiger partial charge < -0.3 is 21.5 Å². The lowest BCUT2D eigenvalue weighted by Crippen LogP contribution is -2.45. The summed E-state index contributed by atoms with van der Waals surface area (Å²) in [7, 11) is 0. The van der Waals surface area contributed by atoms with E-state index in [0.29, 0.717) is 26.2 Å². The number of likely N-dealkylation sites (N-methyl/N-ethyl adjacent to an activating group) is 1. The largest absolute Gasteiger partial charge is 0.370 e. The van der Waals surface area contributed by atoms with Gasteiger partial charge in [-0.25, -0.2) is 0 Å². The van der Waals surface area contributed by atoms with E-state index in [4.69, 9.17) is 16.2 Å². The third-order valence-electron chi connectivity index (χ3n) is 4.69. The Balaban J connectivity index is 3.67. The Morgan fingerprint density at radius 1 is 0.929 bits per heavy atom. The molecule has 0 aromatic carbocycles. The van der Waals surface area contributed by atoms with Crippen LogP contribution in [0, 0.1) is 0 Å². The summed E-state index contributed by atoms with van der Waals surface area (Å²) in [5, 5.41) is 6.03. The maximum absolute atomic E-state index is 12.1. The van der Waals surface area contributed by atoms with Crippen molar-refractivity contribution in [1.29, 1.82) is 0 Å². The van der Waals surface area contributed by atoms with Gasteiger partial charge >= 0.3 is 0 Å². The van der Waals surface area contributed by atoms with Gasteiger partial charge in [-0.2, -0.15) is 0 Å². The first-order chi connectivity index (χ1) is 13.6. The van der Waals surface area contributed by atoms with Gasteiger partial charge in [-0.3, -0.25) is 15.1 Å². The topological polar surface area (TPSA) is 115 Å². The minimum atomic E-state index is -0.276. The van der Waals surface area contributed by atoms with E-state index in [1.54, 1.807) is 0 Å². The number of hydrogen-bond acceptors (Lipinski definition) is 4. The molecule has 1 atom stereocenters. The van der Waals surface area contributed by atoms with Crippen molar-refractivity contribution < 1.29 is 9.53 Å². The van der Waals surface area contributed by atoms with Crippen LogP contribution in [-0.4, -0.2) is 44.3 Å². The van der Waals surface area contributed by atoms with Gasteiger partial charge in [-0.05, 0) is 26.2 Å². The van der Waals surface area contributed by atoms with Crippen LogP contribution in [0.15, 0.2) is 4.99 Å². The quantitative estimate of drug-likeness (QED) is 0.109. The first-order valence-corrected chi connectivity index (χ1v) is 11.3. The summed E-state index contributed by atoms with van der Waals surface area (Å²) in [6.07, 6.45) is 14.5. The second-order valence-corrected chi connectivity index (χ2v) is 7.33. The monoisotopic (exact) mass is 399 g/mol. The Morgan fingerprint density at radius 2 is 1.54 bits per heavy atom. The lowest BCUT2D eigenvalue weighted by atomic mass is 10.1. The lowest BCUT2D eigenvalue weighted by Gasteiger charge is -2.17. The summed E-state index contributed by atoms with van der Waals surface area (Å²) in [5.74, 6) is 0.0806. The molecule has 0 aromatic heterocycles. The van der Waals surface area contributed by atoms with E-state index < -0.39 is 0 Å². The van der Waals surface area contributed by atoms with E-state index in [1.165, 1.54) is 57.8 Å². The zero-order valence-electron chi connectivity index (χ0n) is 18.3. The molecule has 0 saturated carbocycles. The number of nitrogens with zero attached hydrogens (tertiary/aromatic N) is 1. The highest BCUT2D eigenvalue weighted by molar-refractivity contribution is 5.81. The van der Waals surface area contributed by atoms with E-state index in [0.717, 1.165) is 19.4 Å². The molecule has 1 amide bonds. The normalized spacial score (nSPS) is 11.9. The number of ether oxygens (including phenoxy) is 1.